The predicted octanol–water partition coefficient (Wildman–Crippen LogP) is 6.52. The monoisotopic (exact) mass is 725 g/mol. The number of nitro groups is 2. The lowest BCUT2D eigenvalue weighted by Gasteiger charge is -2.34. The number of hydrogen-bond acceptors (Lipinski definition) is 11. The number of nitro benzene ring substituents is 2. The number of nitrogens with one attached hydrogen (secondary N) is 1. The highest BCUT2D eigenvalue weighted by molar-refractivity contribution is 6.30. The fourth-order valence-electron chi connectivity index (χ4n) is 7.72. The molecule has 0 fully saturated rings. The van der Waals surface area contributed by atoms with Crippen molar-refractivity contribution in [1.82, 2.24) is 25.1 Å². The first kappa shape index (κ1) is 34.4. The van der Waals surface area contributed by atoms with Gasteiger partial charge < -0.3 is 0 Å². The zero-order valence-corrected chi connectivity index (χ0v) is 29.3. The minimum Gasteiger partial charge on any atom is -0.297 e. The maximum Gasteiger partial charge on any atom is 0.270 e. The average molecular weight is 726 g/mol. The molecule has 4 amide bonds. The van der Waals surface area contributed by atoms with Gasteiger partial charge in [-0.25, -0.2) is 0 Å². The minimum atomic E-state index is -0.823. The van der Waals surface area contributed by atoms with Gasteiger partial charge in [0.1, 0.15) is 0 Å². The summed E-state index contributed by atoms with van der Waals surface area (Å²) in [5, 5.41) is 29.6. The average Bonchev–Trinajstić information content (AvgIpc) is 3.14. The van der Waals surface area contributed by atoms with E-state index in [2.05, 4.69) is 15.3 Å². The van der Waals surface area contributed by atoms with E-state index in [9.17, 15) is 39.4 Å². The van der Waals surface area contributed by atoms with Gasteiger partial charge in [0.15, 0.2) is 0 Å². The number of fused-ring (bicyclic) bond motifs is 4. The second-order valence-electron chi connectivity index (χ2n) is 13.7. The van der Waals surface area contributed by atoms with Crippen LogP contribution in [0.5, 0.6) is 0 Å². The summed E-state index contributed by atoms with van der Waals surface area (Å²) in [5.74, 6) is -2.49. The zero-order chi connectivity index (χ0) is 38.2. The Hall–Kier alpha value is -6.74. The minimum absolute atomic E-state index is 0.0188. The standard InChI is InChI=1S/C39H31N7O8/c1-4-6-31(44-38(49)28-12-22-10-20(3)18-42-35(22)26-14-24(46(53)54)16-30(33(26)28)39(44)50)40-7-5-8-43-36(47)27-11-21-9-19(2)17-41-34(21)25-13-23(45(51)52)15-29(32(25)27)37(43)48/h9-18,31,40H,4-8H2,1-3H3. The number of benzene rings is 4. The van der Waals surface area contributed by atoms with Crippen molar-refractivity contribution < 1.29 is 29.0 Å². The number of pyridine rings is 2. The van der Waals surface area contributed by atoms with Gasteiger partial charge in [0.05, 0.1) is 38.2 Å². The van der Waals surface area contributed by atoms with Crippen LogP contribution in [0, 0.1) is 34.1 Å². The van der Waals surface area contributed by atoms with Gasteiger partial charge in [0.25, 0.3) is 35.0 Å². The van der Waals surface area contributed by atoms with E-state index in [1.54, 1.807) is 24.5 Å². The fraction of sp³-hybridized carbons (Fsp3) is 0.231. The van der Waals surface area contributed by atoms with Crippen LogP contribution in [-0.2, 0) is 0 Å². The van der Waals surface area contributed by atoms with Crippen molar-refractivity contribution in [2.24, 2.45) is 0 Å². The Morgan fingerprint density at radius 1 is 0.685 bits per heavy atom. The molecule has 1 atom stereocenters. The maximum atomic E-state index is 14.2. The summed E-state index contributed by atoms with van der Waals surface area (Å²) in [5.41, 5.74) is 2.43. The molecule has 270 valence electrons. The number of amides is 4. The van der Waals surface area contributed by atoms with Crippen molar-refractivity contribution in [3.8, 4) is 0 Å². The highest BCUT2D eigenvalue weighted by Gasteiger charge is 2.40. The molecule has 15 heteroatoms. The fourth-order valence-corrected chi connectivity index (χ4v) is 7.72. The molecule has 0 saturated carbocycles. The molecule has 6 aromatic rings. The second kappa shape index (κ2) is 12.7. The number of nitrogens with zero attached hydrogens (tertiary/aromatic N) is 6. The Balaban J connectivity index is 1.08. The SMILES string of the molecule is CCCC(NCCCN1C(=O)c2cc([N+](=O)[O-])cc3c2c(cc2cc(C)cnc23)C1=O)N1C(=O)c2cc([N+](=O)[O-])cc3c2c(cc2cc(C)cnc23)C1=O. The van der Waals surface area contributed by atoms with Crippen molar-refractivity contribution in [2.75, 3.05) is 13.1 Å². The summed E-state index contributed by atoms with van der Waals surface area (Å²) in [6, 6.07) is 12.0. The highest BCUT2D eigenvalue weighted by atomic mass is 16.6. The smallest absolute Gasteiger partial charge is 0.270 e. The van der Waals surface area contributed by atoms with E-state index < -0.39 is 39.6 Å². The lowest BCUT2D eigenvalue weighted by Crippen LogP contribution is -2.54. The van der Waals surface area contributed by atoms with Crippen LogP contribution in [0.4, 0.5) is 11.4 Å². The summed E-state index contributed by atoms with van der Waals surface area (Å²) >= 11 is 0. The Labute approximate surface area is 305 Å². The molecule has 2 aliphatic heterocycles. The van der Waals surface area contributed by atoms with E-state index >= 15 is 0 Å². The summed E-state index contributed by atoms with van der Waals surface area (Å²) in [4.78, 5) is 89.9. The van der Waals surface area contributed by atoms with Gasteiger partial charge in [-0.2, -0.15) is 0 Å². The topological polar surface area (TPSA) is 199 Å². The quantitative estimate of drug-likeness (QED) is 0.0530. The van der Waals surface area contributed by atoms with Gasteiger partial charge in [-0.15, -0.1) is 0 Å². The molecule has 4 aromatic carbocycles. The van der Waals surface area contributed by atoms with Crippen LogP contribution < -0.4 is 5.32 Å². The van der Waals surface area contributed by atoms with Crippen molar-refractivity contribution >= 4 is 78.4 Å². The lowest BCUT2D eigenvalue weighted by molar-refractivity contribution is -0.384. The first-order valence-corrected chi connectivity index (χ1v) is 17.4. The molecule has 0 spiro atoms. The molecule has 15 nitrogen and oxygen atoms in total. The third-order valence-corrected chi connectivity index (χ3v) is 10.1. The second-order valence-corrected chi connectivity index (χ2v) is 13.7. The van der Waals surface area contributed by atoms with Crippen LogP contribution in [0.2, 0.25) is 0 Å². The maximum absolute atomic E-state index is 14.2. The van der Waals surface area contributed by atoms with E-state index in [1.807, 2.05) is 32.9 Å². The summed E-state index contributed by atoms with van der Waals surface area (Å²) in [7, 11) is 0. The molecule has 54 heavy (non-hydrogen) atoms. The summed E-state index contributed by atoms with van der Waals surface area (Å²) in [6.07, 6.45) is 3.54. The highest BCUT2D eigenvalue weighted by Crippen LogP contribution is 2.40. The van der Waals surface area contributed by atoms with Crippen LogP contribution in [0.3, 0.4) is 0 Å². The molecule has 4 heterocycles. The lowest BCUT2D eigenvalue weighted by atomic mass is 9.90. The van der Waals surface area contributed by atoms with Crippen LogP contribution >= 0.6 is 0 Å². The molecule has 0 aliphatic carbocycles. The van der Waals surface area contributed by atoms with E-state index in [1.165, 1.54) is 24.3 Å². The Morgan fingerprint density at radius 3 is 1.63 bits per heavy atom. The van der Waals surface area contributed by atoms with Gasteiger partial charge in [0.2, 0.25) is 0 Å². The number of aryl methyl sites for hydroxylation is 2. The molecule has 0 radical (unpaired) electrons. The van der Waals surface area contributed by atoms with Gasteiger partial charge >= 0.3 is 0 Å². The summed E-state index contributed by atoms with van der Waals surface area (Å²) in [6.45, 7) is 5.67. The molecule has 8 rings (SSSR count). The van der Waals surface area contributed by atoms with Gasteiger partial charge in [-0.05, 0) is 68.6 Å². The molecule has 1 unspecified atom stereocenters. The molecule has 2 aliphatic rings. The number of rotatable bonds is 10. The van der Waals surface area contributed by atoms with Crippen molar-refractivity contribution in [3.63, 3.8) is 0 Å². The predicted molar refractivity (Wildman–Crippen MR) is 198 cm³/mol. The first-order valence-electron chi connectivity index (χ1n) is 17.4. The van der Waals surface area contributed by atoms with Crippen LogP contribution in [0.25, 0.3) is 43.4 Å². The van der Waals surface area contributed by atoms with Crippen LogP contribution in [-0.4, -0.2) is 72.5 Å². The van der Waals surface area contributed by atoms with Gasteiger partial charge in [-0.1, -0.05) is 13.3 Å². The molecular weight excluding hydrogens is 694 g/mol. The molecular formula is C39H31N7O8. The number of aromatic nitrogens is 2. The number of non-ortho nitro benzene ring substituents is 2. The van der Waals surface area contributed by atoms with Crippen LogP contribution in [0.1, 0.15) is 78.7 Å². The molecule has 1 N–H and O–H groups in total. The largest absolute Gasteiger partial charge is 0.297 e. The molecule has 2 aromatic heterocycles. The van der Waals surface area contributed by atoms with E-state index in [4.69, 9.17) is 0 Å². The Bertz CT molecular complexity index is 2730. The first-order chi connectivity index (χ1) is 25.9. The third kappa shape index (κ3) is 5.31. The molecule has 0 saturated heterocycles. The number of carbonyl (C=O) groups excluding carboxylic acids is 4. The summed E-state index contributed by atoms with van der Waals surface area (Å²) < 4.78 is 0. The van der Waals surface area contributed by atoms with E-state index in [0.717, 1.165) is 20.9 Å². The van der Waals surface area contributed by atoms with Crippen molar-refractivity contribution in [3.05, 3.63) is 115 Å². The van der Waals surface area contributed by atoms with Crippen molar-refractivity contribution in [1.29, 1.82) is 0 Å². The number of hydrogen-bond donors (Lipinski definition) is 1. The van der Waals surface area contributed by atoms with E-state index in [0.29, 0.717) is 56.2 Å². The number of imide groups is 2. The van der Waals surface area contributed by atoms with E-state index in [-0.39, 0.29) is 53.1 Å². The number of carbonyl (C=O) groups is 4. The Kier molecular flexibility index (Phi) is 8.10. The Morgan fingerprint density at radius 2 is 1.15 bits per heavy atom. The van der Waals surface area contributed by atoms with Crippen LogP contribution in [0.15, 0.2) is 60.9 Å². The third-order valence-electron chi connectivity index (χ3n) is 10.1. The normalized spacial score (nSPS) is 14.6. The van der Waals surface area contributed by atoms with Gasteiger partial charge in [0, 0.05) is 86.6 Å². The molecule has 0 bridgehead atoms. The zero-order valence-electron chi connectivity index (χ0n) is 29.3. The van der Waals surface area contributed by atoms with Gasteiger partial charge in [-0.3, -0.25) is 64.5 Å². The van der Waals surface area contributed by atoms with Crippen molar-refractivity contribution in [2.45, 2.75) is 46.2 Å².